The molecule has 0 aromatic heterocycles. The Bertz CT molecular complexity index is 233. The number of carbonyl (C=O) groups excluding carboxylic acids is 1. The molecule has 0 aromatic carbocycles. The normalized spacial score (nSPS) is 25.3. The molecule has 86 valence electrons. The van der Waals surface area contributed by atoms with Crippen LogP contribution in [0.25, 0.3) is 0 Å². The van der Waals surface area contributed by atoms with E-state index < -0.39 is 0 Å². The van der Waals surface area contributed by atoms with Gasteiger partial charge in [-0.25, -0.2) is 0 Å². The molecule has 1 saturated heterocycles. The van der Waals surface area contributed by atoms with Crippen molar-refractivity contribution >= 4 is 5.91 Å². The summed E-state index contributed by atoms with van der Waals surface area (Å²) in [6.07, 6.45) is 2.41. The number of amides is 1. The van der Waals surface area contributed by atoms with Crippen LogP contribution in [0, 0.1) is 0 Å². The van der Waals surface area contributed by atoms with E-state index in [1.807, 2.05) is 11.8 Å². The van der Waals surface area contributed by atoms with Crippen molar-refractivity contribution in [2.75, 3.05) is 33.3 Å². The van der Waals surface area contributed by atoms with E-state index >= 15 is 0 Å². The van der Waals surface area contributed by atoms with Gasteiger partial charge < -0.3 is 9.64 Å². The van der Waals surface area contributed by atoms with Crippen LogP contribution in [0.1, 0.15) is 19.8 Å². The molecular weight excluding hydrogens is 192 g/mol. The number of nitrogens with zero attached hydrogens (tertiary/aromatic N) is 2. The third-order valence-corrected chi connectivity index (χ3v) is 3.39. The Morgan fingerprint density at radius 3 is 2.33 bits per heavy atom. The Morgan fingerprint density at radius 2 is 1.87 bits per heavy atom. The van der Waals surface area contributed by atoms with Crippen LogP contribution in [-0.2, 0) is 9.53 Å². The summed E-state index contributed by atoms with van der Waals surface area (Å²) >= 11 is 0. The first-order chi connectivity index (χ1) is 7.22. The van der Waals surface area contributed by atoms with Crippen molar-refractivity contribution in [1.29, 1.82) is 0 Å². The molecule has 2 fully saturated rings. The van der Waals surface area contributed by atoms with Gasteiger partial charge in [0.2, 0.25) is 0 Å². The Balaban J connectivity index is 1.79. The van der Waals surface area contributed by atoms with Gasteiger partial charge in [0.05, 0.1) is 0 Å². The van der Waals surface area contributed by atoms with E-state index in [0.29, 0.717) is 0 Å². The summed E-state index contributed by atoms with van der Waals surface area (Å²) in [5, 5.41) is 0. The molecule has 0 radical (unpaired) electrons. The zero-order valence-electron chi connectivity index (χ0n) is 9.61. The molecule has 0 aromatic rings. The maximum absolute atomic E-state index is 11.8. The standard InChI is InChI=1S/C11H20N2O2/c1-9(15-2)11(14)13-7-5-12(6-8-13)10-3-4-10/h9-10H,3-8H2,1-2H3. The van der Waals surface area contributed by atoms with Gasteiger partial charge in [-0.15, -0.1) is 0 Å². The molecule has 1 saturated carbocycles. The average molecular weight is 212 g/mol. The summed E-state index contributed by atoms with van der Waals surface area (Å²) in [7, 11) is 1.59. The number of rotatable bonds is 3. The fourth-order valence-corrected chi connectivity index (χ4v) is 2.11. The highest BCUT2D eigenvalue weighted by Gasteiger charge is 2.32. The van der Waals surface area contributed by atoms with Crippen LogP contribution >= 0.6 is 0 Å². The zero-order valence-corrected chi connectivity index (χ0v) is 9.61. The quantitative estimate of drug-likeness (QED) is 0.676. The first-order valence-corrected chi connectivity index (χ1v) is 5.78. The van der Waals surface area contributed by atoms with Crippen molar-refractivity contribution in [3.63, 3.8) is 0 Å². The Morgan fingerprint density at radius 1 is 1.27 bits per heavy atom. The van der Waals surface area contributed by atoms with Gasteiger partial charge in [0.1, 0.15) is 6.10 Å². The van der Waals surface area contributed by atoms with Crippen LogP contribution in [0.5, 0.6) is 0 Å². The summed E-state index contributed by atoms with van der Waals surface area (Å²) in [5.41, 5.74) is 0. The molecule has 1 amide bonds. The van der Waals surface area contributed by atoms with E-state index in [2.05, 4.69) is 4.90 Å². The molecule has 1 heterocycles. The zero-order chi connectivity index (χ0) is 10.8. The number of ether oxygens (including phenoxy) is 1. The van der Waals surface area contributed by atoms with Gasteiger partial charge in [-0.1, -0.05) is 0 Å². The molecule has 2 aliphatic rings. The van der Waals surface area contributed by atoms with E-state index in [1.165, 1.54) is 12.8 Å². The fraction of sp³-hybridized carbons (Fsp3) is 0.909. The lowest BCUT2D eigenvalue weighted by Gasteiger charge is -2.35. The lowest BCUT2D eigenvalue weighted by molar-refractivity contribution is -0.142. The largest absolute Gasteiger partial charge is 0.372 e. The molecule has 2 rings (SSSR count). The Kier molecular flexibility index (Phi) is 3.26. The van der Waals surface area contributed by atoms with Gasteiger partial charge >= 0.3 is 0 Å². The van der Waals surface area contributed by atoms with Gasteiger partial charge in [-0.2, -0.15) is 0 Å². The Labute approximate surface area is 91.2 Å². The second-order valence-corrected chi connectivity index (χ2v) is 4.47. The van der Waals surface area contributed by atoms with Crippen molar-refractivity contribution in [2.24, 2.45) is 0 Å². The van der Waals surface area contributed by atoms with E-state index in [0.717, 1.165) is 32.2 Å². The summed E-state index contributed by atoms with van der Waals surface area (Å²) in [6, 6.07) is 0.821. The topological polar surface area (TPSA) is 32.8 Å². The van der Waals surface area contributed by atoms with Crippen LogP contribution in [0.3, 0.4) is 0 Å². The van der Waals surface area contributed by atoms with Crippen molar-refractivity contribution in [1.82, 2.24) is 9.80 Å². The average Bonchev–Trinajstić information content (AvgIpc) is 3.11. The van der Waals surface area contributed by atoms with Gasteiger partial charge in [0.15, 0.2) is 0 Å². The predicted octanol–water partition coefficient (Wildman–Crippen LogP) is 0.328. The molecule has 1 aliphatic heterocycles. The van der Waals surface area contributed by atoms with Gasteiger partial charge in [0, 0.05) is 39.3 Å². The first-order valence-electron chi connectivity index (χ1n) is 5.78. The Hall–Kier alpha value is -0.610. The van der Waals surface area contributed by atoms with Gasteiger partial charge in [-0.05, 0) is 19.8 Å². The predicted molar refractivity (Wildman–Crippen MR) is 57.6 cm³/mol. The molecule has 0 N–H and O–H groups in total. The molecular formula is C11H20N2O2. The minimum Gasteiger partial charge on any atom is -0.372 e. The summed E-state index contributed by atoms with van der Waals surface area (Å²) in [4.78, 5) is 16.2. The molecule has 1 atom stereocenters. The van der Waals surface area contributed by atoms with E-state index in [-0.39, 0.29) is 12.0 Å². The molecule has 15 heavy (non-hydrogen) atoms. The summed E-state index contributed by atoms with van der Waals surface area (Å²) < 4.78 is 5.05. The molecule has 0 bridgehead atoms. The van der Waals surface area contributed by atoms with Crippen molar-refractivity contribution in [2.45, 2.75) is 31.9 Å². The third kappa shape index (κ3) is 2.49. The van der Waals surface area contributed by atoms with Crippen LogP contribution in [0.4, 0.5) is 0 Å². The smallest absolute Gasteiger partial charge is 0.251 e. The lowest BCUT2D eigenvalue weighted by Crippen LogP contribution is -2.51. The molecule has 4 heteroatoms. The van der Waals surface area contributed by atoms with E-state index in [9.17, 15) is 4.79 Å². The highest BCUT2D eigenvalue weighted by atomic mass is 16.5. The SMILES string of the molecule is COC(C)C(=O)N1CCN(C2CC2)CC1. The van der Waals surface area contributed by atoms with E-state index in [4.69, 9.17) is 4.74 Å². The highest BCUT2D eigenvalue weighted by molar-refractivity contribution is 5.80. The second-order valence-electron chi connectivity index (χ2n) is 4.47. The number of methoxy groups -OCH3 is 1. The maximum Gasteiger partial charge on any atom is 0.251 e. The summed E-state index contributed by atoms with van der Waals surface area (Å²) in [5.74, 6) is 0.132. The second kappa shape index (κ2) is 4.49. The van der Waals surface area contributed by atoms with Crippen LogP contribution in [-0.4, -0.2) is 61.1 Å². The molecule has 0 spiro atoms. The third-order valence-electron chi connectivity index (χ3n) is 3.39. The fourth-order valence-electron chi connectivity index (χ4n) is 2.11. The number of piperazine rings is 1. The van der Waals surface area contributed by atoms with Crippen LogP contribution in [0.2, 0.25) is 0 Å². The molecule has 1 unspecified atom stereocenters. The van der Waals surface area contributed by atoms with Crippen molar-refractivity contribution in [3.05, 3.63) is 0 Å². The monoisotopic (exact) mass is 212 g/mol. The maximum atomic E-state index is 11.8. The van der Waals surface area contributed by atoms with Gasteiger partial charge in [-0.3, -0.25) is 9.69 Å². The van der Waals surface area contributed by atoms with Crippen LogP contribution in [0.15, 0.2) is 0 Å². The number of carbonyl (C=O) groups is 1. The summed E-state index contributed by atoms with van der Waals surface area (Å²) in [6.45, 7) is 5.61. The minimum absolute atomic E-state index is 0.132. The van der Waals surface area contributed by atoms with Crippen molar-refractivity contribution < 1.29 is 9.53 Å². The molecule has 1 aliphatic carbocycles. The lowest BCUT2D eigenvalue weighted by atomic mass is 10.2. The van der Waals surface area contributed by atoms with Crippen molar-refractivity contribution in [3.8, 4) is 0 Å². The highest BCUT2D eigenvalue weighted by Crippen LogP contribution is 2.27. The van der Waals surface area contributed by atoms with Crippen LogP contribution < -0.4 is 0 Å². The van der Waals surface area contributed by atoms with E-state index in [1.54, 1.807) is 7.11 Å². The number of hydrogen-bond donors (Lipinski definition) is 0. The number of hydrogen-bond acceptors (Lipinski definition) is 3. The first kappa shape index (κ1) is 10.9. The minimum atomic E-state index is -0.294. The molecule has 4 nitrogen and oxygen atoms in total. The van der Waals surface area contributed by atoms with Gasteiger partial charge in [0.25, 0.3) is 5.91 Å².